The van der Waals surface area contributed by atoms with E-state index in [1.54, 1.807) is 33.8 Å². The summed E-state index contributed by atoms with van der Waals surface area (Å²) in [5.74, 6) is -0.192. The van der Waals surface area contributed by atoms with Crippen molar-refractivity contribution in [3.8, 4) is 0 Å². The van der Waals surface area contributed by atoms with E-state index in [0.717, 1.165) is 0 Å². The number of nitrogens with one attached hydrogen (secondary N) is 1. The Morgan fingerprint density at radius 1 is 1.30 bits per heavy atom. The first kappa shape index (κ1) is 16.3. The summed E-state index contributed by atoms with van der Waals surface area (Å²) < 4.78 is 10.4. The van der Waals surface area contributed by atoms with Gasteiger partial charge in [0, 0.05) is 0 Å². The number of rotatable bonds is 4. The van der Waals surface area contributed by atoms with Crippen molar-refractivity contribution in [1.29, 1.82) is 0 Å². The molecule has 1 heterocycles. The molecular weight excluding hydrogens is 258 g/mol. The fraction of sp³-hybridized carbons (Fsp3) is 0.600. The molecule has 1 amide bonds. The molecule has 1 aromatic heterocycles. The fourth-order valence-electron chi connectivity index (χ4n) is 1.65. The summed E-state index contributed by atoms with van der Waals surface area (Å²) in [5.41, 5.74) is -0.182. The molecule has 0 aliphatic carbocycles. The maximum absolute atomic E-state index is 12.1. The van der Waals surface area contributed by atoms with Crippen molar-refractivity contribution in [3.63, 3.8) is 0 Å². The van der Waals surface area contributed by atoms with E-state index in [1.165, 1.54) is 6.26 Å². The SMILES string of the molecule is Cc1cc(C(=O)N[C@H](C(=O)OC(C)(C)C)C(C)C)co1. The highest BCUT2D eigenvalue weighted by Crippen LogP contribution is 2.13. The Labute approximate surface area is 119 Å². The molecule has 0 unspecified atom stereocenters. The average molecular weight is 281 g/mol. The monoisotopic (exact) mass is 281 g/mol. The van der Waals surface area contributed by atoms with Crippen LogP contribution in [0.2, 0.25) is 0 Å². The minimum Gasteiger partial charge on any atom is -0.469 e. The van der Waals surface area contributed by atoms with Crippen molar-refractivity contribution in [2.45, 2.75) is 53.2 Å². The third-order valence-corrected chi connectivity index (χ3v) is 2.61. The highest BCUT2D eigenvalue weighted by Gasteiger charge is 2.29. The van der Waals surface area contributed by atoms with Crippen molar-refractivity contribution in [3.05, 3.63) is 23.7 Å². The zero-order valence-corrected chi connectivity index (χ0v) is 12.9. The van der Waals surface area contributed by atoms with Crippen LogP contribution in [0.1, 0.15) is 50.7 Å². The molecule has 1 aromatic rings. The van der Waals surface area contributed by atoms with Crippen molar-refractivity contribution in [1.82, 2.24) is 5.32 Å². The Balaban J connectivity index is 2.77. The lowest BCUT2D eigenvalue weighted by atomic mass is 10.0. The predicted molar refractivity (Wildman–Crippen MR) is 75.4 cm³/mol. The van der Waals surface area contributed by atoms with Gasteiger partial charge >= 0.3 is 5.97 Å². The van der Waals surface area contributed by atoms with E-state index in [1.807, 2.05) is 13.8 Å². The molecule has 0 radical (unpaired) electrons. The molecule has 0 saturated carbocycles. The van der Waals surface area contributed by atoms with Gasteiger partial charge < -0.3 is 14.5 Å². The second kappa shape index (κ2) is 6.11. The van der Waals surface area contributed by atoms with Crippen LogP contribution in [0.25, 0.3) is 0 Å². The first-order valence-electron chi connectivity index (χ1n) is 6.69. The second-order valence-electron chi connectivity index (χ2n) is 6.17. The van der Waals surface area contributed by atoms with Gasteiger partial charge in [0.2, 0.25) is 0 Å². The van der Waals surface area contributed by atoms with Crippen molar-refractivity contribution >= 4 is 11.9 Å². The molecule has 5 heteroatoms. The van der Waals surface area contributed by atoms with Crippen LogP contribution in [0.15, 0.2) is 16.7 Å². The summed E-state index contributed by atoms with van der Waals surface area (Å²) >= 11 is 0. The third kappa shape index (κ3) is 4.72. The number of esters is 1. The molecule has 0 saturated heterocycles. The molecule has 112 valence electrons. The van der Waals surface area contributed by atoms with E-state index in [0.29, 0.717) is 11.3 Å². The van der Waals surface area contributed by atoms with Crippen LogP contribution in [-0.4, -0.2) is 23.5 Å². The molecule has 0 aliphatic rings. The summed E-state index contributed by atoms with van der Waals surface area (Å²) in [7, 11) is 0. The highest BCUT2D eigenvalue weighted by atomic mass is 16.6. The van der Waals surface area contributed by atoms with Gasteiger partial charge in [0.05, 0.1) is 5.56 Å². The predicted octanol–water partition coefficient (Wildman–Crippen LogP) is 2.68. The van der Waals surface area contributed by atoms with Crippen LogP contribution in [0.3, 0.4) is 0 Å². The van der Waals surface area contributed by atoms with E-state index >= 15 is 0 Å². The minimum atomic E-state index is -0.683. The lowest BCUT2D eigenvalue weighted by Crippen LogP contribution is -2.47. The zero-order chi connectivity index (χ0) is 15.5. The van der Waals surface area contributed by atoms with Crippen LogP contribution in [0, 0.1) is 12.8 Å². The summed E-state index contributed by atoms with van der Waals surface area (Å²) in [6.07, 6.45) is 1.37. The maximum atomic E-state index is 12.1. The number of aryl methyl sites for hydroxylation is 1. The van der Waals surface area contributed by atoms with E-state index in [9.17, 15) is 9.59 Å². The first-order chi connectivity index (χ1) is 9.10. The maximum Gasteiger partial charge on any atom is 0.329 e. The van der Waals surface area contributed by atoms with Crippen LogP contribution in [0.5, 0.6) is 0 Å². The van der Waals surface area contributed by atoms with E-state index < -0.39 is 17.6 Å². The molecule has 0 aromatic carbocycles. The smallest absolute Gasteiger partial charge is 0.329 e. The van der Waals surface area contributed by atoms with Crippen LogP contribution in [-0.2, 0) is 9.53 Å². The average Bonchev–Trinajstić information content (AvgIpc) is 2.69. The normalized spacial score (nSPS) is 13.2. The third-order valence-electron chi connectivity index (χ3n) is 2.61. The Kier molecular flexibility index (Phi) is 4.98. The Bertz CT molecular complexity index is 482. The van der Waals surface area contributed by atoms with Gasteiger partial charge in [-0.15, -0.1) is 0 Å². The molecule has 1 N–H and O–H groups in total. The Morgan fingerprint density at radius 2 is 1.90 bits per heavy atom. The van der Waals surface area contributed by atoms with E-state index in [-0.39, 0.29) is 11.8 Å². The molecule has 1 atom stereocenters. The quantitative estimate of drug-likeness (QED) is 0.861. The Morgan fingerprint density at radius 3 is 2.30 bits per heavy atom. The lowest BCUT2D eigenvalue weighted by Gasteiger charge is -2.26. The molecule has 0 spiro atoms. The molecule has 0 bridgehead atoms. The van der Waals surface area contributed by atoms with Crippen LogP contribution < -0.4 is 5.32 Å². The molecule has 1 rings (SSSR count). The van der Waals surface area contributed by atoms with Gasteiger partial charge in [-0.1, -0.05) is 13.8 Å². The van der Waals surface area contributed by atoms with Gasteiger partial charge in [0.1, 0.15) is 23.7 Å². The van der Waals surface area contributed by atoms with Gasteiger partial charge in [-0.25, -0.2) is 4.79 Å². The lowest BCUT2D eigenvalue weighted by molar-refractivity contribution is -0.158. The number of carbonyl (C=O) groups excluding carboxylic acids is 2. The summed E-state index contributed by atoms with van der Waals surface area (Å²) in [6.45, 7) is 10.9. The van der Waals surface area contributed by atoms with Gasteiger partial charge in [0.25, 0.3) is 5.91 Å². The van der Waals surface area contributed by atoms with Gasteiger partial charge in [0.15, 0.2) is 0 Å². The fourth-order valence-corrected chi connectivity index (χ4v) is 1.65. The largest absolute Gasteiger partial charge is 0.469 e. The Hall–Kier alpha value is -1.78. The number of hydrogen-bond donors (Lipinski definition) is 1. The second-order valence-corrected chi connectivity index (χ2v) is 6.17. The van der Waals surface area contributed by atoms with Crippen LogP contribution in [0.4, 0.5) is 0 Å². The minimum absolute atomic E-state index is 0.0678. The molecule has 0 aliphatic heterocycles. The van der Waals surface area contributed by atoms with Crippen molar-refractivity contribution in [2.75, 3.05) is 0 Å². The van der Waals surface area contributed by atoms with Crippen molar-refractivity contribution in [2.24, 2.45) is 5.92 Å². The van der Waals surface area contributed by atoms with Crippen LogP contribution >= 0.6 is 0 Å². The van der Waals surface area contributed by atoms with E-state index in [2.05, 4.69) is 5.32 Å². The first-order valence-corrected chi connectivity index (χ1v) is 6.69. The molecule has 0 fully saturated rings. The number of carbonyl (C=O) groups is 2. The number of hydrogen-bond acceptors (Lipinski definition) is 4. The van der Waals surface area contributed by atoms with E-state index in [4.69, 9.17) is 9.15 Å². The number of ether oxygens (including phenoxy) is 1. The van der Waals surface area contributed by atoms with Gasteiger partial charge in [-0.3, -0.25) is 4.79 Å². The number of furan rings is 1. The highest BCUT2D eigenvalue weighted by molar-refractivity contribution is 5.96. The molecule has 20 heavy (non-hydrogen) atoms. The summed E-state index contributed by atoms with van der Waals surface area (Å²) in [5, 5.41) is 2.69. The standard InChI is InChI=1S/C15H23NO4/c1-9(2)12(14(18)20-15(4,5)6)16-13(17)11-7-10(3)19-8-11/h7-9,12H,1-6H3,(H,16,17)/t12-/m0/s1. The molecular formula is C15H23NO4. The van der Waals surface area contributed by atoms with Gasteiger partial charge in [-0.05, 0) is 39.7 Å². The number of amides is 1. The topological polar surface area (TPSA) is 68.5 Å². The van der Waals surface area contributed by atoms with Crippen molar-refractivity contribution < 1.29 is 18.7 Å². The van der Waals surface area contributed by atoms with Gasteiger partial charge in [-0.2, -0.15) is 0 Å². The molecule has 5 nitrogen and oxygen atoms in total. The summed E-state index contributed by atoms with van der Waals surface area (Å²) in [6, 6.07) is 0.943. The summed E-state index contributed by atoms with van der Waals surface area (Å²) in [4.78, 5) is 24.2. The zero-order valence-electron chi connectivity index (χ0n) is 12.9.